The average Bonchev–Trinajstić information content (AvgIpc) is 2.86. The number of likely N-dealkylation sites (tertiary alicyclic amines) is 2. The average molecular weight is 241 g/mol. The molecule has 2 rings (SSSR count). The Labute approximate surface area is 101 Å². The summed E-state index contributed by atoms with van der Waals surface area (Å²) in [6.45, 7) is 2.37. The highest BCUT2D eigenvalue weighted by atomic mass is 16.4. The maximum absolute atomic E-state index is 12.0. The normalized spacial score (nSPS) is 29.6. The van der Waals surface area contributed by atoms with E-state index in [1.165, 1.54) is 4.90 Å². The summed E-state index contributed by atoms with van der Waals surface area (Å²) < 4.78 is 0. The number of carboxylic acids is 1. The number of carbonyl (C=O) groups is 2. The van der Waals surface area contributed by atoms with Crippen LogP contribution in [-0.2, 0) is 4.79 Å². The molecule has 0 aromatic rings. The van der Waals surface area contributed by atoms with Crippen LogP contribution in [0.1, 0.15) is 19.3 Å². The van der Waals surface area contributed by atoms with E-state index in [1.54, 1.807) is 0 Å². The van der Waals surface area contributed by atoms with Crippen molar-refractivity contribution in [1.82, 2.24) is 15.1 Å². The lowest BCUT2D eigenvalue weighted by molar-refractivity contribution is -0.141. The number of hydrogen-bond acceptors (Lipinski definition) is 3. The predicted octanol–water partition coefficient (Wildman–Crippen LogP) is -0.0509. The monoisotopic (exact) mass is 241 g/mol. The Bertz CT molecular complexity index is 321. The minimum absolute atomic E-state index is 0.155. The molecule has 0 radical (unpaired) electrons. The Morgan fingerprint density at radius 2 is 2.06 bits per heavy atom. The summed E-state index contributed by atoms with van der Waals surface area (Å²) in [7, 11) is 2.02. The molecule has 17 heavy (non-hydrogen) atoms. The van der Waals surface area contributed by atoms with Crippen LogP contribution in [0.2, 0.25) is 0 Å². The first-order valence-corrected chi connectivity index (χ1v) is 6.06. The van der Waals surface area contributed by atoms with Gasteiger partial charge in [0.1, 0.15) is 6.04 Å². The van der Waals surface area contributed by atoms with Crippen molar-refractivity contribution in [2.75, 3.05) is 26.7 Å². The maximum atomic E-state index is 12.0. The lowest BCUT2D eigenvalue weighted by Gasteiger charge is -2.24. The molecule has 0 aromatic heterocycles. The quantitative estimate of drug-likeness (QED) is 0.711. The molecule has 0 aromatic carbocycles. The number of likely N-dealkylation sites (N-methyl/N-ethyl adjacent to an activating group) is 1. The molecule has 2 aliphatic heterocycles. The largest absolute Gasteiger partial charge is 0.480 e. The zero-order chi connectivity index (χ0) is 12.4. The zero-order valence-corrected chi connectivity index (χ0v) is 10.1. The molecule has 0 bridgehead atoms. The van der Waals surface area contributed by atoms with E-state index in [-0.39, 0.29) is 12.1 Å². The Kier molecular flexibility index (Phi) is 3.51. The number of aliphatic carboxylic acids is 1. The van der Waals surface area contributed by atoms with E-state index in [1.807, 2.05) is 7.05 Å². The van der Waals surface area contributed by atoms with E-state index in [0.717, 1.165) is 25.9 Å². The summed E-state index contributed by atoms with van der Waals surface area (Å²) in [5.74, 6) is -0.902. The molecule has 2 heterocycles. The first-order valence-electron chi connectivity index (χ1n) is 6.06. The number of nitrogens with one attached hydrogen (secondary N) is 1. The van der Waals surface area contributed by atoms with Crippen molar-refractivity contribution < 1.29 is 14.7 Å². The number of carbonyl (C=O) groups excluding carboxylic acids is 1. The van der Waals surface area contributed by atoms with Crippen LogP contribution in [0.4, 0.5) is 4.79 Å². The van der Waals surface area contributed by atoms with Gasteiger partial charge in [0.05, 0.1) is 0 Å². The molecule has 96 valence electrons. The molecule has 2 fully saturated rings. The zero-order valence-electron chi connectivity index (χ0n) is 10.1. The van der Waals surface area contributed by atoms with Crippen LogP contribution >= 0.6 is 0 Å². The third-order valence-electron chi connectivity index (χ3n) is 3.52. The number of rotatable bonds is 2. The standard InChI is InChI=1S/C11H19N3O3/c1-13-6-4-8(7-13)12-11(17)14-5-2-3-9(14)10(15)16/h8-9H,2-7H2,1H3,(H,12,17)(H,15,16)/t8?,9-/m1/s1. The molecule has 2 N–H and O–H groups in total. The van der Waals surface area contributed by atoms with Crippen molar-refractivity contribution in [3.8, 4) is 0 Å². The van der Waals surface area contributed by atoms with Gasteiger partial charge in [0.2, 0.25) is 0 Å². The second-order valence-electron chi connectivity index (χ2n) is 4.89. The first-order chi connectivity index (χ1) is 8.08. The maximum Gasteiger partial charge on any atom is 0.326 e. The number of urea groups is 1. The molecule has 2 amide bonds. The Balaban J connectivity index is 1.89. The van der Waals surface area contributed by atoms with Crippen molar-refractivity contribution >= 4 is 12.0 Å². The molecule has 0 saturated carbocycles. The molecular weight excluding hydrogens is 222 g/mol. The summed E-state index contributed by atoms with van der Waals surface area (Å²) in [6.07, 6.45) is 2.27. The van der Waals surface area contributed by atoms with Crippen LogP contribution in [0.5, 0.6) is 0 Å². The van der Waals surface area contributed by atoms with Crippen LogP contribution in [0.15, 0.2) is 0 Å². The first kappa shape index (κ1) is 12.2. The summed E-state index contributed by atoms with van der Waals surface area (Å²) in [4.78, 5) is 26.5. The van der Waals surface area contributed by atoms with Gasteiger partial charge in [-0.3, -0.25) is 0 Å². The fraction of sp³-hybridized carbons (Fsp3) is 0.818. The van der Waals surface area contributed by atoms with E-state index in [2.05, 4.69) is 10.2 Å². The van der Waals surface area contributed by atoms with Crippen LogP contribution in [0.25, 0.3) is 0 Å². The lowest BCUT2D eigenvalue weighted by atomic mass is 10.2. The Hall–Kier alpha value is -1.30. The molecule has 2 saturated heterocycles. The Morgan fingerprint density at radius 3 is 2.65 bits per heavy atom. The third kappa shape index (κ3) is 2.69. The smallest absolute Gasteiger partial charge is 0.326 e. The minimum Gasteiger partial charge on any atom is -0.480 e. The van der Waals surface area contributed by atoms with Crippen molar-refractivity contribution in [2.45, 2.75) is 31.3 Å². The molecule has 6 nitrogen and oxygen atoms in total. The van der Waals surface area contributed by atoms with Crippen molar-refractivity contribution in [2.24, 2.45) is 0 Å². The number of nitrogens with zero attached hydrogens (tertiary/aromatic N) is 2. The van der Waals surface area contributed by atoms with Crippen molar-refractivity contribution in [1.29, 1.82) is 0 Å². The topological polar surface area (TPSA) is 72.9 Å². The summed E-state index contributed by atoms with van der Waals surface area (Å²) >= 11 is 0. The van der Waals surface area contributed by atoms with Gasteiger partial charge in [0.15, 0.2) is 0 Å². The molecule has 2 aliphatic rings. The van der Waals surface area contributed by atoms with Gasteiger partial charge >= 0.3 is 12.0 Å². The van der Waals surface area contributed by atoms with Gasteiger partial charge in [-0.05, 0) is 32.9 Å². The van der Waals surface area contributed by atoms with E-state index >= 15 is 0 Å². The summed E-state index contributed by atoms with van der Waals surface area (Å²) in [5.41, 5.74) is 0. The fourth-order valence-corrected chi connectivity index (χ4v) is 2.58. The van der Waals surface area contributed by atoms with Gasteiger partial charge in [-0.2, -0.15) is 0 Å². The van der Waals surface area contributed by atoms with Crippen molar-refractivity contribution in [3.63, 3.8) is 0 Å². The van der Waals surface area contributed by atoms with Crippen LogP contribution in [0, 0.1) is 0 Å². The van der Waals surface area contributed by atoms with E-state index in [4.69, 9.17) is 5.11 Å². The Morgan fingerprint density at radius 1 is 1.29 bits per heavy atom. The van der Waals surface area contributed by atoms with E-state index in [0.29, 0.717) is 13.0 Å². The van der Waals surface area contributed by atoms with Gasteiger partial charge in [0, 0.05) is 19.1 Å². The lowest BCUT2D eigenvalue weighted by Crippen LogP contribution is -2.49. The molecule has 0 spiro atoms. The molecule has 6 heteroatoms. The van der Waals surface area contributed by atoms with Gasteiger partial charge in [-0.15, -0.1) is 0 Å². The van der Waals surface area contributed by atoms with E-state index < -0.39 is 12.0 Å². The summed E-state index contributed by atoms with van der Waals surface area (Å²) in [5, 5.41) is 11.9. The van der Waals surface area contributed by atoms with Gasteiger partial charge in [-0.25, -0.2) is 9.59 Å². The SMILES string of the molecule is CN1CCC(NC(=O)N2CCC[C@@H]2C(=O)O)C1. The molecule has 1 unspecified atom stereocenters. The number of carboxylic acid groups (broad SMARTS) is 1. The number of hydrogen-bond donors (Lipinski definition) is 2. The number of amides is 2. The van der Waals surface area contributed by atoms with Gasteiger partial charge in [-0.1, -0.05) is 0 Å². The highest BCUT2D eigenvalue weighted by Crippen LogP contribution is 2.18. The summed E-state index contributed by atoms with van der Waals surface area (Å²) in [6, 6.07) is -0.716. The predicted molar refractivity (Wildman–Crippen MR) is 61.8 cm³/mol. The van der Waals surface area contributed by atoms with Crippen LogP contribution in [-0.4, -0.2) is 65.7 Å². The van der Waals surface area contributed by atoms with Crippen molar-refractivity contribution in [3.05, 3.63) is 0 Å². The molecule has 2 atom stereocenters. The van der Waals surface area contributed by atoms with Gasteiger partial charge in [0.25, 0.3) is 0 Å². The van der Waals surface area contributed by atoms with Gasteiger partial charge < -0.3 is 20.2 Å². The highest BCUT2D eigenvalue weighted by Gasteiger charge is 2.35. The molecule has 0 aliphatic carbocycles. The molecular formula is C11H19N3O3. The highest BCUT2D eigenvalue weighted by molar-refractivity contribution is 5.83. The van der Waals surface area contributed by atoms with Crippen LogP contribution < -0.4 is 5.32 Å². The fourth-order valence-electron chi connectivity index (χ4n) is 2.58. The second-order valence-corrected chi connectivity index (χ2v) is 4.89. The second kappa shape index (κ2) is 4.91. The third-order valence-corrected chi connectivity index (χ3v) is 3.52. The van der Waals surface area contributed by atoms with Crippen LogP contribution in [0.3, 0.4) is 0 Å². The van der Waals surface area contributed by atoms with E-state index in [9.17, 15) is 9.59 Å². The minimum atomic E-state index is -0.902.